The van der Waals surface area contributed by atoms with Gasteiger partial charge in [-0.25, -0.2) is 18.6 Å². The maximum absolute atomic E-state index is 12.8. The Bertz CT molecular complexity index is 2180. The molecule has 1 unspecified atom stereocenters. The van der Waals surface area contributed by atoms with Gasteiger partial charge in [0.15, 0.2) is 0 Å². The minimum Gasteiger partial charge on any atom is -0.491 e. The Labute approximate surface area is 327 Å². The van der Waals surface area contributed by atoms with Crippen LogP contribution in [0.15, 0.2) is 90.2 Å². The summed E-state index contributed by atoms with van der Waals surface area (Å²) >= 11 is 12.8. The highest BCUT2D eigenvalue weighted by Crippen LogP contribution is 2.41. The highest BCUT2D eigenvalue weighted by atomic mass is 35.5. The lowest BCUT2D eigenvalue weighted by Gasteiger charge is -2.37. The molecule has 292 valence electrons. The van der Waals surface area contributed by atoms with E-state index in [1.54, 1.807) is 35.3 Å². The molecular weight excluding hydrogens is 772 g/mol. The van der Waals surface area contributed by atoms with Crippen LogP contribution in [-0.4, -0.2) is 79.4 Å². The predicted octanol–water partition coefficient (Wildman–Crippen LogP) is 5.79. The van der Waals surface area contributed by atoms with Crippen molar-refractivity contribution in [3.63, 3.8) is 0 Å². The van der Waals surface area contributed by atoms with Crippen molar-refractivity contribution in [1.82, 2.24) is 24.1 Å². The molecule has 3 aromatic carbocycles. The third-order valence-corrected chi connectivity index (χ3v) is 10.8. The lowest BCUT2D eigenvalue weighted by molar-refractivity contribution is -0.190. The van der Waals surface area contributed by atoms with Crippen LogP contribution in [-0.2, 0) is 37.5 Å². The molecule has 2 aromatic heterocycles. The van der Waals surface area contributed by atoms with E-state index in [4.69, 9.17) is 47.2 Å². The van der Waals surface area contributed by atoms with Crippen molar-refractivity contribution in [1.29, 1.82) is 0 Å². The van der Waals surface area contributed by atoms with Gasteiger partial charge in [-0.15, -0.1) is 0 Å². The number of hydrogen-bond acceptors (Lipinski definition) is 10. The number of ether oxygens (including phenoxy) is 3. The number of benzene rings is 3. The number of halogens is 2. The first-order chi connectivity index (χ1) is 26.4. The first kappa shape index (κ1) is 39.1. The zero-order chi connectivity index (χ0) is 38.7. The fourth-order valence-electron chi connectivity index (χ4n) is 6.65. The van der Waals surface area contributed by atoms with Crippen LogP contribution in [0.3, 0.4) is 0 Å². The van der Waals surface area contributed by atoms with Crippen LogP contribution in [0.1, 0.15) is 37.4 Å². The average molecular weight is 815 g/mol. The summed E-state index contributed by atoms with van der Waals surface area (Å²) in [6.07, 6.45) is 5.00. The summed E-state index contributed by atoms with van der Waals surface area (Å²) in [6.45, 7) is 7.60. The summed E-state index contributed by atoms with van der Waals surface area (Å²) in [4.78, 5) is 35.6. The molecule has 2 aliphatic heterocycles. The largest absolute Gasteiger partial charge is 0.491 e. The molecule has 5 aromatic rings. The van der Waals surface area contributed by atoms with Gasteiger partial charge in [-0.1, -0.05) is 36.2 Å². The summed E-state index contributed by atoms with van der Waals surface area (Å²) in [5.74, 6) is -0.655. The molecule has 18 heteroatoms. The van der Waals surface area contributed by atoms with Gasteiger partial charge >= 0.3 is 13.5 Å². The average Bonchev–Trinajstić information content (AvgIpc) is 3.92. The molecule has 2 fully saturated rings. The van der Waals surface area contributed by atoms with Crippen LogP contribution in [0.4, 0.5) is 11.4 Å². The second-order valence-electron chi connectivity index (χ2n) is 13.5. The van der Waals surface area contributed by atoms with Gasteiger partial charge < -0.3 is 33.8 Å². The Hall–Kier alpha value is -4.18. The SMILES string of the molecule is CCC(C)n1ncn(-c2ccc(N3CCN(c4ccc(OC[C@@H]5CO[C@@](Cn6cc(COP(=O)(O)O)cn6)(c6ccc(Cl)cc6Cl)O5)cc4)CC3)cc2)c1=O. The molecule has 2 aliphatic rings. The van der Waals surface area contributed by atoms with Crippen molar-refractivity contribution in [2.45, 2.75) is 51.4 Å². The molecule has 0 saturated carbocycles. The van der Waals surface area contributed by atoms with E-state index < -0.39 is 19.7 Å². The fraction of sp³-hybridized carbons (Fsp3) is 0.378. The number of anilines is 2. The van der Waals surface area contributed by atoms with Gasteiger partial charge in [0.1, 0.15) is 24.8 Å². The first-order valence-corrected chi connectivity index (χ1v) is 20.2. The Morgan fingerprint density at radius 1 is 0.964 bits per heavy atom. The molecule has 4 heterocycles. The van der Waals surface area contributed by atoms with Crippen molar-refractivity contribution < 1.29 is 33.1 Å². The van der Waals surface area contributed by atoms with E-state index in [2.05, 4.69) is 36.7 Å². The zero-order valence-electron chi connectivity index (χ0n) is 30.3. The third kappa shape index (κ3) is 9.11. The minimum absolute atomic E-state index is 0.0462. The lowest BCUT2D eigenvalue weighted by Crippen LogP contribution is -2.46. The molecule has 3 atom stereocenters. The summed E-state index contributed by atoms with van der Waals surface area (Å²) in [5.41, 5.74) is 3.87. The van der Waals surface area contributed by atoms with Crippen molar-refractivity contribution in [2.75, 3.05) is 49.2 Å². The molecule has 15 nitrogen and oxygen atoms in total. The van der Waals surface area contributed by atoms with Gasteiger partial charge in [-0.3, -0.25) is 9.21 Å². The van der Waals surface area contributed by atoms with Crippen LogP contribution < -0.4 is 20.2 Å². The Morgan fingerprint density at radius 2 is 1.62 bits per heavy atom. The summed E-state index contributed by atoms with van der Waals surface area (Å²) in [5, 5.41) is 9.40. The molecule has 0 radical (unpaired) electrons. The maximum atomic E-state index is 12.8. The number of aromatic nitrogens is 5. The van der Waals surface area contributed by atoms with Crippen LogP contribution in [0, 0.1) is 0 Å². The fourth-order valence-corrected chi connectivity index (χ4v) is 7.52. The van der Waals surface area contributed by atoms with Gasteiger partial charge in [0, 0.05) is 59.9 Å². The Kier molecular flexibility index (Phi) is 11.7. The van der Waals surface area contributed by atoms with Crippen LogP contribution in [0.2, 0.25) is 10.0 Å². The molecule has 0 bridgehead atoms. The number of nitrogens with zero attached hydrogens (tertiary/aromatic N) is 7. The van der Waals surface area contributed by atoms with E-state index in [0.29, 0.717) is 26.9 Å². The smallest absolute Gasteiger partial charge is 0.469 e. The van der Waals surface area contributed by atoms with Gasteiger partial charge in [0.2, 0.25) is 5.79 Å². The topological polar surface area (TPSA) is 159 Å². The zero-order valence-corrected chi connectivity index (χ0v) is 32.7. The van der Waals surface area contributed by atoms with Crippen LogP contribution in [0.5, 0.6) is 5.75 Å². The number of phosphoric acid groups is 1. The van der Waals surface area contributed by atoms with E-state index in [1.807, 2.05) is 50.2 Å². The molecule has 2 saturated heterocycles. The Morgan fingerprint density at radius 3 is 2.25 bits per heavy atom. The van der Waals surface area contributed by atoms with E-state index in [0.717, 1.165) is 49.7 Å². The molecule has 2 N–H and O–H groups in total. The maximum Gasteiger partial charge on any atom is 0.469 e. The van der Waals surface area contributed by atoms with Crippen molar-refractivity contribution in [3.8, 4) is 11.4 Å². The third-order valence-electron chi connectivity index (χ3n) is 9.77. The van der Waals surface area contributed by atoms with Gasteiger partial charge in [0.25, 0.3) is 0 Å². The highest BCUT2D eigenvalue weighted by Gasteiger charge is 2.45. The second-order valence-corrected chi connectivity index (χ2v) is 15.6. The monoisotopic (exact) mass is 813 g/mol. The summed E-state index contributed by atoms with van der Waals surface area (Å²) in [7, 11) is -4.64. The van der Waals surface area contributed by atoms with Crippen LogP contribution in [0.25, 0.3) is 5.69 Å². The lowest BCUT2D eigenvalue weighted by atomic mass is 10.1. The quantitative estimate of drug-likeness (QED) is 0.130. The second kappa shape index (κ2) is 16.5. The number of rotatable bonds is 14. The number of phosphoric ester groups is 1. The predicted molar refractivity (Wildman–Crippen MR) is 207 cm³/mol. The van der Waals surface area contributed by atoms with Crippen molar-refractivity contribution >= 4 is 42.4 Å². The summed E-state index contributed by atoms with van der Waals surface area (Å²) in [6, 6.07) is 21.1. The van der Waals surface area contributed by atoms with Gasteiger partial charge in [-0.2, -0.15) is 10.2 Å². The number of piperazine rings is 1. The van der Waals surface area contributed by atoms with E-state index >= 15 is 0 Å². The minimum atomic E-state index is -4.64. The summed E-state index contributed by atoms with van der Waals surface area (Å²) < 4.78 is 39.3. The van der Waals surface area contributed by atoms with E-state index in [9.17, 15) is 9.36 Å². The molecule has 0 aliphatic carbocycles. The van der Waals surface area contributed by atoms with Crippen molar-refractivity contribution in [2.24, 2.45) is 0 Å². The van der Waals surface area contributed by atoms with E-state index in [1.165, 1.54) is 15.6 Å². The normalized spacial score (nSPS) is 19.6. The molecule has 0 spiro atoms. The number of hydrogen-bond donors (Lipinski definition) is 2. The molecule has 55 heavy (non-hydrogen) atoms. The first-order valence-electron chi connectivity index (χ1n) is 17.9. The molecule has 0 amide bonds. The molecular formula is C37H42Cl2N7O8P. The van der Waals surface area contributed by atoms with Gasteiger partial charge in [-0.05, 0) is 74.0 Å². The van der Waals surface area contributed by atoms with Crippen LogP contribution >= 0.6 is 31.0 Å². The van der Waals surface area contributed by atoms with Crippen molar-refractivity contribution in [3.05, 3.63) is 117 Å². The van der Waals surface area contributed by atoms with Gasteiger partial charge in [0.05, 0.1) is 42.7 Å². The Balaban J connectivity index is 0.933. The molecule has 7 rings (SSSR count). The highest BCUT2D eigenvalue weighted by molar-refractivity contribution is 7.46. The van der Waals surface area contributed by atoms with E-state index in [-0.39, 0.29) is 38.1 Å². The standard InChI is InChI=1S/C37H42Cl2N7O8P/c1-3-26(2)46-36(47)45(25-41-46)31-7-5-29(6-8-31)42-14-16-43(17-15-42)30-9-11-32(12-10-30)51-22-33-23-52-37(54-33,34-13-4-28(38)18-35(34)39)24-44-20-27(19-40-44)21-53-55(48,49)50/h4-13,18-20,25-26,33H,3,14-17,21-24H2,1-2H3,(H2,48,49,50)/t26?,33-,37-/m1/s1.